The minimum Gasteiger partial charge on any atom is -0.468 e. The van der Waals surface area contributed by atoms with Crippen LogP contribution in [0.4, 0.5) is 0 Å². The number of esters is 1. The minimum atomic E-state index is -0.431. The van der Waals surface area contributed by atoms with Gasteiger partial charge in [-0.05, 0) is 30.5 Å². The van der Waals surface area contributed by atoms with Gasteiger partial charge in [0, 0.05) is 18.1 Å². The van der Waals surface area contributed by atoms with Crippen molar-refractivity contribution in [2.24, 2.45) is 0 Å². The maximum absolute atomic E-state index is 11.8. The van der Waals surface area contributed by atoms with Crippen LogP contribution in [0.15, 0.2) is 24.3 Å². The Morgan fingerprint density at radius 2 is 2.37 bits per heavy atom. The van der Waals surface area contributed by atoms with Crippen LogP contribution in [0.1, 0.15) is 18.4 Å². The number of carbonyl (C=O) groups excluding carboxylic acids is 1. The van der Waals surface area contributed by atoms with Crippen LogP contribution in [0.5, 0.6) is 0 Å². The smallest absolute Gasteiger partial charge is 0.323 e. The Labute approximate surface area is 117 Å². The first kappa shape index (κ1) is 14.3. The molecule has 0 saturated carbocycles. The van der Waals surface area contributed by atoms with Gasteiger partial charge in [0.05, 0.1) is 13.2 Å². The van der Waals surface area contributed by atoms with Crippen LogP contribution in [0.3, 0.4) is 0 Å². The first-order chi connectivity index (χ1) is 9.10. The zero-order chi connectivity index (χ0) is 13.8. The fourth-order valence-corrected chi connectivity index (χ4v) is 2.65. The van der Waals surface area contributed by atoms with Gasteiger partial charge < -0.3 is 9.84 Å². The Balaban J connectivity index is 2.10. The van der Waals surface area contributed by atoms with Crippen molar-refractivity contribution in [1.29, 1.82) is 0 Å². The molecular weight excluding hydrogens is 266 g/mol. The molecule has 1 aliphatic heterocycles. The molecular formula is C14H18ClNO3. The van der Waals surface area contributed by atoms with Gasteiger partial charge in [0.2, 0.25) is 0 Å². The van der Waals surface area contributed by atoms with E-state index in [9.17, 15) is 9.90 Å². The van der Waals surface area contributed by atoms with E-state index in [4.69, 9.17) is 16.3 Å². The molecule has 0 aromatic heterocycles. The molecule has 0 radical (unpaired) electrons. The van der Waals surface area contributed by atoms with E-state index in [-0.39, 0.29) is 12.0 Å². The van der Waals surface area contributed by atoms with Gasteiger partial charge >= 0.3 is 5.97 Å². The number of carbonyl (C=O) groups is 1. The number of likely N-dealkylation sites (tertiary alicyclic amines) is 1. The number of aliphatic hydroxyl groups is 1. The normalized spacial score (nSPS) is 24.2. The fraction of sp³-hybridized carbons (Fsp3) is 0.500. The number of hydrogen-bond donors (Lipinski definition) is 1. The topological polar surface area (TPSA) is 49.8 Å². The molecule has 0 bridgehead atoms. The molecule has 4 nitrogen and oxygen atoms in total. The van der Waals surface area contributed by atoms with E-state index in [1.54, 1.807) is 0 Å². The molecule has 1 saturated heterocycles. The first-order valence-corrected chi connectivity index (χ1v) is 6.72. The van der Waals surface area contributed by atoms with Gasteiger partial charge in [0.25, 0.3) is 0 Å². The summed E-state index contributed by atoms with van der Waals surface area (Å²) in [6.45, 7) is 1.31. The Morgan fingerprint density at radius 3 is 3.05 bits per heavy atom. The van der Waals surface area contributed by atoms with Crippen molar-refractivity contribution in [3.63, 3.8) is 0 Å². The lowest BCUT2D eigenvalue weighted by molar-refractivity contribution is -0.150. The third kappa shape index (κ3) is 3.69. The highest BCUT2D eigenvalue weighted by Crippen LogP contribution is 2.22. The lowest BCUT2D eigenvalue weighted by Crippen LogP contribution is -2.48. The third-order valence-corrected chi connectivity index (χ3v) is 3.67. The fourth-order valence-electron chi connectivity index (χ4n) is 2.44. The number of rotatable bonds is 3. The lowest BCUT2D eigenvalue weighted by atomic mass is 9.98. The number of ether oxygens (including phenoxy) is 1. The van der Waals surface area contributed by atoms with Crippen LogP contribution >= 0.6 is 11.6 Å². The monoisotopic (exact) mass is 283 g/mol. The van der Waals surface area contributed by atoms with E-state index in [1.165, 1.54) is 7.11 Å². The molecule has 1 aromatic carbocycles. The van der Waals surface area contributed by atoms with Crippen LogP contribution in [0, 0.1) is 0 Å². The van der Waals surface area contributed by atoms with E-state index in [0.29, 0.717) is 31.0 Å². The van der Waals surface area contributed by atoms with E-state index in [0.717, 1.165) is 5.56 Å². The SMILES string of the molecule is COC(=O)[C@H]1C[C@@H](O)CCN1Cc1cccc(Cl)c1. The summed E-state index contributed by atoms with van der Waals surface area (Å²) in [5.74, 6) is -0.291. The van der Waals surface area contributed by atoms with Crippen LogP contribution in [0.2, 0.25) is 5.02 Å². The number of benzene rings is 1. The quantitative estimate of drug-likeness (QED) is 0.860. The number of aliphatic hydroxyl groups excluding tert-OH is 1. The highest BCUT2D eigenvalue weighted by atomic mass is 35.5. The van der Waals surface area contributed by atoms with E-state index in [2.05, 4.69) is 0 Å². The second kappa shape index (κ2) is 6.37. The molecule has 2 rings (SSSR count). The van der Waals surface area contributed by atoms with Crippen molar-refractivity contribution in [2.45, 2.75) is 31.5 Å². The first-order valence-electron chi connectivity index (χ1n) is 6.34. The van der Waals surface area contributed by atoms with Crippen molar-refractivity contribution in [3.8, 4) is 0 Å². The molecule has 1 aliphatic rings. The van der Waals surface area contributed by atoms with Gasteiger partial charge in [-0.2, -0.15) is 0 Å². The number of hydrogen-bond acceptors (Lipinski definition) is 4. The number of piperidine rings is 1. The maximum atomic E-state index is 11.8. The molecule has 1 fully saturated rings. The Morgan fingerprint density at radius 1 is 1.58 bits per heavy atom. The van der Waals surface area contributed by atoms with Gasteiger partial charge in [0.1, 0.15) is 6.04 Å². The van der Waals surface area contributed by atoms with E-state index < -0.39 is 6.10 Å². The largest absolute Gasteiger partial charge is 0.468 e. The van der Waals surface area contributed by atoms with E-state index in [1.807, 2.05) is 29.2 Å². The summed E-state index contributed by atoms with van der Waals surface area (Å²) >= 11 is 5.96. The molecule has 2 atom stereocenters. The average Bonchev–Trinajstić information content (AvgIpc) is 2.40. The highest BCUT2D eigenvalue weighted by Gasteiger charge is 2.33. The number of nitrogens with zero attached hydrogens (tertiary/aromatic N) is 1. The third-order valence-electron chi connectivity index (χ3n) is 3.43. The predicted molar refractivity (Wildman–Crippen MR) is 72.9 cm³/mol. The molecule has 0 aliphatic carbocycles. The standard InChI is InChI=1S/C14H18ClNO3/c1-19-14(18)13-8-12(17)5-6-16(13)9-10-3-2-4-11(15)7-10/h2-4,7,12-13,17H,5-6,8-9H2,1H3/t12-,13+/m0/s1. The van der Waals surface area contributed by atoms with Crippen LogP contribution in [0.25, 0.3) is 0 Å². The zero-order valence-corrected chi connectivity index (χ0v) is 11.6. The highest BCUT2D eigenvalue weighted by molar-refractivity contribution is 6.30. The predicted octanol–water partition coefficient (Wildman–Crippen LogP) is 1.84. The molecule has 1 heterocycles. The number of halogens is 1. The number of methoxy groups -OCH3 is 1. The Bertz CT molecular complexity index is 452. The van der Waals surface area contributed by atoms with Gasteiger partial charge in [-0.25, -0.2) is 0 Å². The van der Waals surface area contributed by atoms with Crippen LogP contribution in [-0.4, -0.2) is 41.8 Å². The lowest BCUT2D eigenvalue weighted by Gasteiger charge is -2.36. The Kier molecular flexibility index (Phi) is 4.80. The Hall–Kier alpha value is -1.10. The van der Waals surface area contributed by atoms with Gasteiger partial charge in [-0.15, -0.1) is 0 Å². The maximum Gasteiger partial charge on any atom is 0.323 e. The van der Waals surface area contributed by atoms with Crippen LogP contribution in [-0.2, 0) is 16.1 Å². The molecule has 104 valence electrons. The van der Waals surface area contributed by atoms with Crippen LogP contribution < -0.4 is 0 Å². The van der Waals surface area contributed by atoms with E-state index >= 15 is 0 Å². The molecule has 1 aromatic rings. The molecule has 1 N–H and O–H groups in total. The zero-order valence-electron chi connectivity index (χ0n) is 10.9. The van der Waals surface area contributed by atoms with Crippen molar-refractivity contribution in [3.05, 3.63) is 34.9 Å². The van der Waals surface area contributed by atoms with Gasteiger partial charge in [-0.1, -0.05) is 23.7 Å². The molecule has 0 spiro atoms. The summed E-state index contributed by atoms with van der Waals surface area (Å²) in [4.78, 5) is 13.8. The summed E-state index contributed by atoms with van der Waals surface area (Å²) in [6.07, 6.45) is 0.668. The van der Waals surface area contributed by atoms with Crippen molar-refractivity contribution < 1.29 is 14.6 Å². The summed E-state index contributed by atoms with van der Waals surface area (Å²) < 4.78 is 4.81. The summed E-state index contributed by atoms with van der Waals surface area (Å²) in [5, 5.41) is 10.4. The van der Waals surface area contributed by atoms with Gasteiger partial charge in [-0.3, -0.25) is 9.69 Å². The molecule has 5 heteroatoms. The minimum absolute atomic E-state index is 0.291. The summed E-state index contributed by atoms with van der Waals surface area (Å²) in [6, 6.07) is 7.20. The second-order valence-electron chi connectivity index (χ2n) is 4.82. The molecule has 0 amide bonds. The molecule has 0 unspecified atom stereocenters. The summed E-state index contributed by atoms with van der Waals surface area (Å²) in [7, 11) is 1.38. The second-order valence-corrected chi connectivity index (χ2v) is 5.25. The van der Waals surface area contributed by atoms with Crippen molar-refractivity contribution in [2.75, 3.05) is 13.7 Å². The van der Waals surface area contributed by atoms with Crippen molar-refractivity contribution >= 4 is 17.6 Å². The van der Waals surface area contributed by atoms with Gasteiger partial charge in [0.15, 0.2) is 0 Å². The average molecular weight is 284 g/mol. The molecule has 19 heavy (non-hydrogen) atoms. The summed E-state index contributed by atoms with van der Waals surface area (Å²) in [5.41, 5.74) is 1.05. The van der Waals surface area contributed by atoms with Crippen molar-refractivity contribution in [1.82, 2.24) is 4.90 Å².